The van der Waals surface area contributed by atoms with Crippen molar-refractivity contribution < 1.29 is 29.3 Å². The molecule has 0 aliphatic carbocycles. The molecule has 1 aliphatic heterocycles. The maximum Gasteiger partial charge on any atom is 0.323 e. The maximum atomic E-state index is 10.8. The number of carboxylic acid groups (broad SMARTS) is 2. The summed E-state index contributed by atoms with van der Waals surface area (Å²) in [5.74, 6) is -1.14. The number of benzene rings is 1. The lowest BCUT2D eigenvalue weighted by Crippen LogP contribution is -2.34. The van der Waals surface area contributed by atoms with E-state index in [-0.39, 0.29) is 0 Å². The molecule has 2 N–H and O–H groups in total. The van der Waals surface area contributed by atoms with E-state index in [9.17, 15) is 9.59 Å². The summed E-state index contributed by atoms with van der Waals surface area (Å²) in [5.41, 5.74) is 0.467. The molecule has 0 saturated heterocycles. The SMILES string of the molecule is O=C(O)CN(CC(=O)O)c1ccc2c(c1)OCCO2. The monoisotopic (exact) mass is 267 g/mol. The van der Waals surface area contributed by atoms with Gasteiger partial charge in [-0.25, -0.2) is 0 Å². The Morgan fingerprint density at radius 2 is 1.63 bits per heavy atom. The molecular weight excluding hydrogens is 254 g/mol. The van der Waals surface area contributed by atoms with Crippen molar-refractivity contribution in [2.75, 3.05) is 31.2 Å². The van der Waals surface area contributed by atoms with Gasteiger partial charge in [0, 0.05) is 11.8 Å². The smallest absolute Gasteiger partial charge is 0.323 e. The highest BCUT2D eigenvalue weighted by Crippen LogP contribution is 2.33. The minimum absolute atomic E-state index is 0.397. The Labute approximate surface area is 109 Å². The van der Waals surface area contributed by atoms with Crippen LogP contribution in [-0.2, 0) is 9.59 Å². The zero-order valence-corrected chi connectivity index (χ0v) is 10.0. The molecule has 0 atom stereocenters. The Hall–Kier alpha value is -2.44. The largest absolute Gasteiger partial charge is 0.486 e. The molecule has 7 nitrogen and oxygen atoms in total. The van der Waals surface area contributed by atoms with Crippen molar-refractivity contribution in [3.63, 3.8) is 0 Å². The quantitative estimate of drug-likeness (QED) is 0.798. The van der Waals surface area contributed by atoms with Gasteiger partial charge in [-0.1, -0.05) is 0 Å². The van der Waals surface area contributed by atoms with Gasteiger partial charge < -0.3 is 24.6 Å². The number of nitrogens with zero attached hydrogens (tertiary/aromatic N) is 1. The average molecular weight is 267 g/mol. The van der Waals surface area contributed by atoms with E-state index >= 15 is 0 Å². The van der Waals surface area contributed by atoms with Crippen LogP contribution in [0.15, 0.2) is 18.2 Å². The molecule has 19 heavy (non-hydrogen) atoms. The number of fused-ring (bicyclic) bond motifs is 1. The van der Waals surface area contributed by atoms with Gasteiger partial charge in [-0.05, 0) is 12.1 Å². The number of carboxylic acids is 2. The number of carbonyl (C=O) groups is 2. The first-order valence-electron chi connectivity index (χ1n) is 5.64. The van der Waals surface area contributed by atoms with Crippen LogP contribution < -0.4 is 14.4 Å². The van der Waals surface area contributed by atoms with Gasteiger partial charge in [0.1, 0.15) is 26.3 Å². The fraction of sp³-hybridized carbons (Fsp3) is 0.333. The average Bonchev–Trinajstić information content (AvgIpc) is 2.36. The van der Waals surface area contributed by atoms with Gasteiger partial charge >= 0.3 is 11.9 Å². The molecular formula is C12H13NO6. The van der Waals surface area contributed by atoms with Crippen molar-refractivity contribution in [1.82, 2.24) is 0 Å². The standard InChI is InChI=1S/C12H13NO6/c14-11(15)6-13(7-12(16)17)8-1-2-9-10(5-8)19-4-3-18-9/h1-2,5H,3-4,6-7H2,(H,14,15)(H,16,17). The van der Waals surface area contributed by atoms with E-state index in [2.05, 4.69) is 0 Å². The Bertz CT molecular complexity index is 485. The molecule has 1 aromatic carbocycles. The van der Waals surface area contributed by atoms with Crippen LogP contribution in [0.25, 0.3) is 0 Å². The van der Waals surface area contributed by atoms with Crippen LogP contribution >= 0.6 is 0 Å². The van der Waals surface area contributed by atoms with Gasteiger partial charge in [-0.2, -0.15) is 0 Å². The summed E-state index contributed by atoms with van der Waals surface area (Å²) in [5, 5.41) is 17.6. The topological polar surface area (TPSA) is 96.3 Å². The Morgan fingerprint density at radius 3 is 2.21 bits per heavy atom. The fourth-order valence-electron chi connectivity index (χ4n) is 1.79. The van der Waals surface area contributed by atoms with E-state index in [0.29, 0.717) is 30.4 Å². The van der Waals surface area contributed by atoms with Crippen LogP contribution in [0.4, 0.5) is 5.69 Å². The van der Waals surface area contributed by atoms with Crippen molar-refractivity contribution >= 4 is 17.6 Å². The second-order valence-electron chi connectivity index (χ2n) is 3.97. The van der Waals surface area contributed by atoms with Gasteiger partial charge in [0.15, 0.2) is 11.5 Å². The predicted octanol–water partition coefficient (Wildman–Crippen LogP) is 0.433. The van der Waals surface area contributed by atoms with Gasteiger partial charge in [0.05, 0.1) is 0 Å². The van der Waals surface area contributed by atoms with Crippen LogP contribution in [0.3, 0.4) is 0 Å². The van der Waals surface area contributed by atoms with Crippen LogP contribution in [0.2, 0.25) is 0 Å². The van der Waals surface area contributed by atoms with Crippen LogP contribution in [-0.4, -0.2) is 48.5 Å². The predicted molar refractivity (Wildman–Crippen MR) is 64.9 cm³/mol. The van der Waals surface area contributed by atoms with E-state index in [4.69, 9.17) is 19.7 Å². The Kier molecular flexibility index (Phi) is 3.74. The molecule has 1 heterocycles. The summed E-state index contributed by atoms with van der Waals surface area (Å²) in [4.78, 5) is 22.8. The number of aliphatic carboxylic acids is 2. The van der Waals surface area contributed by atoms with Crippen LogP contribution in [0.1, 0.15) is 0 Å². The summed E-state index contributed by atoms with van der Waals surface area (Å²) in [6.45, 7) is 0.0759. The van der Waals surface area contributed by atoms with Crippen LogP contribution in [0.5, 0.6) is 11.5 Å². The molecule has 0 saturated carbocycles. The lowest BCUT2D eigenvalue weighted by Gasteiger charge is -2.24. The normalized spacial score (nSPS) is 12.8. The summed E-state index contributed by atoms with van der Waals surface area (Å²) in [7, 11) is 0. The zero-order valence-electron chi connectivity index (χ0n) is 10.0. The zero-order chi connectivity index (χ0) is 13.8. The van der Waals surface area contributed by atoms with Crippen molar-refractivity contribution in [3.8, 4) is 11.5 Å². The van der Waals surface area contributed by atoms with Gasteiger partial charge in [-0.15, -0.1) is 0 Å². The summed E-state index contributed by atoms with van der Waals surface area (Å²) in [6, 6.07) is 4.83. The third-order valence-corrected chi connectivity index (χ3v) is 2.54. The lowest BCUT2D eigenvalue weighted by atomic mass is 10.2. The minimum atomic E-state index is -1.10. The third-order valence-electron chi connectivity index (χ3n) is 2.54. The molecule has 0 unspecified atom stereocenters. The molecule has 0 amide bonds. The van der Waals surface area contributed by atoms with Crippen molar-refractivity contribution in [3.05, 3.63) is 18.2 Å². The highest BCUT2D eigenvalue weighted by molar-refractivity contribution is 5.80. The van der Waals surface area contributed by atoms with E-state index < -0.39 is 25.0 Å². The van der Waals surface area contributed by atoms with E-state index in [1.54, 1.807) is 18.2 Å². The molecule has 0 bridgehead atoms. The van der Waals surface area contributed by atoms with Gasteiger partial charge in [0.25, 0.3) is 0 Å². The summed E-state index contributed by atoms with van der Waals surface area (Å²) in [6.07, 6.45) is 0. The Balaban J connectivity index is 2.25. The van der Waals surface area contributed by atoms with Gasteiger partial charge in [0.2, 0.25) is 0 Å². The summed E-state index contributed by atoms with van der Waals surface area (Å²) >= 11 is 0. The summed E-state index contributed by atoms with van der Waals surface area (Å²) < 4.78 is 10.7. The fourth-order valence-corrected chi connectivity index (χ4v) is 1.79. The van der Waals surface area contributed by atoms with Crippen LogP contribution in [0, 0.1) is 0 Å². The molecule has 2 rings (SSSR count). The second kappa shape index (κ2) is 5.47. The van der Waals surface area contributed by atoms with E-state index in [0.717, 1.165) is 0 Å². The molecule has 7 heteroatoms. The van der Waals surface area contributed by atoms with E-state index in [1.165, 1.54) is 4.90 Å². The highest BCUT2D eigenvalue weighted by atomic mass is 16.6. The first kappa shape index (κ1) is 13.0. The van der Waals surface area contributed by atoms with Gasteiger partial charge in [-0.3, -0.25) is 9.59 Å². The van der Waals surface area contributed by atoms with E-state index in [1.807, 2.05) is 0 Å². The number of anilines is 1. The van der Waals surface area contributed by atoms with Crippen molar-refractivity contribution in [1.29, 1.82) is 0 Å². The number of hydrogen-bond acceptors (Lipinski definition) is 5. The first-order valence-corrected chi connectivity index (χ1v) is 5.64. The molecule has 0 radical (unpaired) electrons. The molecule has 0 aromatic heterocycles. The van der Waals surface area contributed by atoms with Crippen molar-refractivity contribution in [2.24, 2.45) is 0 Å². The second-order valence-corrected chi connectivity index (χ2v) is 3.97. The Morgan fingerprint density at radius 1 is 1.05 bits per heavy atom. The number of ether oxygens (including phenoxy) is 2. The number of rotatable bonds is 5. The van der Waals surface area contributed by atoms with Crippen molar-refractivity contribution in [2.45, 2.75) is 0 Å². The highest BCUT2D eigenvalue weighted by Gasteiger charge is 2.18. The lowest BCUT2D eigenvalue weighted by molar-refractivity contribution is -0.136. The third kappa shape index (κ3) is 3.27. The maximum absolute atomic E-state index is 10.8. The first-order chi connectivity index (χ1) is 9.06. The minimum Gasteiger partial charge on any atom is -0.486 e. The molecule has 1 aromatic rings. The number of hydrogen-bond donors (Lipinski definition) is 2. The molecule has 0 fully saturated rings. The molecule has 0 spiro atoms. The molecule has 1 aliphatic rings. The molecule has 102 valence electrons.